The van der Waals surface area contributed by atoms with E-state index in [0.29, 0.717) is 15.7 Å². The van der Waals surface area contributed by atoms with Gasteiger partial charge in [0, 0.05) is 0 Å². The van der Waals surface area contributed by atoms with Gasteiger partial charge in [-0.2, -0.15) is 5.10 Å². The minimum atomic E-state index is -3.75. The molecule has 5 nitrogen and oxygen atoms in total. The van der Waals surface area contributed by atoms with Crippen LogP contribution in [0.25, 0.3) is 5.69 Å². The maximum Gasteiger partial charge on any atom is 0.241 e. The maximum absolute atomic E-state index is 11.1. The van der Waals surface area contributed by atoms with Gasteiger partial charge in [0.25, 0.3) is 0 Å². The summed E-state index contributed by atoms with van der Waals surface area (Å²) in [5.74, 6) is 0. The minimum Gasteiger partial charge on any atom is -0.240 e. The lowest BCUT2D eigenvalue weighted by Crippen LogP contribution is -2.11. The number of primary sulfonamides is 1. The Morgan fingerprint density at radius 2 is 1.94 bits per heavy atom. The molecule has 0 radical (unpaired) electrons. The van der Waals surface area contributed by atoms with Crippen molar-refractivity contribution in [1.82, 2.24) is 9.78 Å². The quantitative estimate of drug-likeness (QED) is 0.917. The molecule has 1 aromatic carbocycles. The van der Waals surface area contributed by atoms with Crippen molar-refractivity contribution in [3.8, 4) is 5.69 Å². The van der Waals surface area contributed by atoms with Crippen molar-refractivity contribution in [2.24, 2.45) is 5.14 Å². The Bertz CT molecular complexity index is 667. The van der Waals surface area contributed by atoms with Crippen LogP contribution >= 0.6 is 23.2 Å². The molecule has 1 aromatic heterocycles. The van der Waals surface area contributed by atoms with Gasteiger partial charge in [0.1, 0.15) is 4.90 Å². The number of nitrogens with zero attached hydrogens (tertiary/aromatic N) is 2. The molecular weight excluding hydrogens is 285 g/mol. The predicted molar refractivity (Wildman–Crippen MR) is 65.0 cm³/mol. The van der Waals surface area contributed by atoms with Gasteiger partial charge >= 0.3 is 0 Å². The highest BCUT2D eigenvalue weighted by molar-refractivity contribution is 7.89. The van der Waals surface area contributed by atoms with Crippen molar-refractivity contribution < 1.29 is 8.42 Å². The van der Waals surface area contributed by atoms with E-state index in [4.69, 9.17) is 28.3 Å². The average molecular weight is 292 g/mol. The van der Waals surface area contributed by atoms with Gasteiger partial charge in [0.15, 0.2) is 0 Å². The van der Waals surface area contributed by atoms with Crippen molar-refractivity contribution in [2.75, 3.05) is 0 Å². The number of hydrogen-bond acceptors (Lipinski definition) is 3. The molecule has 2 aromatic rings. The lowest BCUT2D eigenvalue weighted by atomic mass is 10.3. The fourth-order valence-corrected chi connectivity index (χ4v) is 1.96. The van der Waals surface area contributed by atoms with Crippen molar-refractivity contribution in [1.29, 1.82) is 0 Å². The zero-order valence-electron chi connectivity index (χ0n) is 8.34. The van der Waals surface area contributed by atoms with E-state index in [1.165, 1.54) is 10.9 Å². The second kappa shape index (κ2) is 4.30. The van der Waals surface area contributed by atoms with Crippen LogP contribution in [0, 0.1) is 0 Å². The van der Waals surface area contributed by atoms with Crippen LogP contribution in [-0.4, -0.2) is 18.2 Å². The number of nitrogens with two attached hydrogens (primary N) is 1. The van der Waals surface area contributed by atoms with Gasteiger partial charge in [-0.05, 0) is 18.2 Å². The zero-order valence-corrected chi connectivity index (χ0v) is 10.7. The normalized spacial score (nSPS) is 11.7. The second-order valence-corrected chi connectivity index (χ2v) is 5.64. The van der Waals surface area contributed by atoms with Crippen LogP contribution in [0.2, 0.25) is 10.0 Å². The van der Waals surface area contributed by atoms with E-state index in [-0.39, 0.29) is 4.90 Å². The standard InChI is InChI=1S/C9H7Cl2N3O2S/c10-8-2-1-6(3-9(8)11)14-5-7(4-13-14)17(12,15)16/h1-5H,(H2,12,15,16). The minimum absolute atomic E-state index is 0.0661. The predicted octanol–water partition coefficient (Wildman–Crippen LogP) is 1.83. The Morgan fingerprint density at radius 3 is 2.47 bits per heavy atom. The van der Waals surface area contributed by atoms with Crippen LogP contribution in [0.3, 0.4) is 0 Å². The lowest BCUT2D eigenvalue weighted by molar-refractivity contribution is 0.598. The first-order chi connectivity index (χ1) is 7.88. The highest BCUT2D eigenvalue weighted by atomic mass is 35.5. The van der Waals surface area contributed by atoms with E-state index in [1.54, 1.807) is 18.2 Å². The van der Waals surface area contributed by atoms with E-state index >= 15 is 0 Å². The summed E-state index contributed by atoms with van der Waals surface area (Å²) in [7, 11) is -3.75. The second-order valence-electron chi connectivity index (χ2n) is 3.26. The van der Waals surface area contributed by atoms with E-state index in [2.05, 4.69) is 5.10 Å². The van der Waals surface area contributed by atoms with Crippen LogP contribution in [0.4, 0.5) is 0 Å². The van der Waals surface area contributed by atoms with Gasteiger partial charge in [-0.3, -0.25) is 0 Å². The largest absolute Gasteiger partial charge is 0.241 e. The van der Waals surface area contributed by atoms with Crippen LogP contribution in [0.1, 0.15) is 0 Å². The molecule has 0 unspecified atom stereocenters. The molecule has 0 saturated carbocycles. The lowest BCUT2D eigenvalue weighted by Gasteiger charge is -2.02. The fraction of sp³-hybridized carbons (Fsp3) is 0. The van der Waals surface area contributed by atoms with Crippen molar-refractivity contribution >= 4 is 33.2 Å². The number of halogens is 2. The third kappa shape index (κ3) is 2.61. The van der Waals surface area contributed by atoms with Crippen LogP contribution in [0.15, 0.2) is 35.5 Å². The number of sulfonamides is 1. The van der Waals surface area contributed by atoms with Gasteiger partial charge < -0.3 is 0 Å². The third-order valence-electron chi connectivity index (χ3n) is 2.06. The van der Waals surface area contributed by atoms with Gasteiger partial charge in [-0.25, -0.2) is 18.2 Å². The van der Waals surface area contributed by atoms with Gasteiger partial charge in [-0.15, -0.1) is 0 Å². The summed E-state index contributed by atoms with van der Waals surface area (Å²) in [5, 5.41) is 9.62. The number of benzene rings is 1. The Morgan fingerprint density at radius 1 is 1.24 bits per heavy atom. The van der Waals surface area contributed by atoms with Gasteiger partial charge in [0.05, 0.1) is 28.1 Å². The molecule has 1 heterocycles. The molecule has 0 bridgehead atoms. The Hall–Kier alpha value is -1.08. The molecule has 0 fully saturated rings. The highest BCUT2D eigenvalue weighted by Crippen LogP contribution is 2.24. The monoisotopic (exact) mass is 291 g/mol. The Balaban J connectivity index is 2.47. The zero-order chi connectivity index (χ0) is 12.6. The molecule has 17 heavy (non-hydrogen) atoms. The smallest absolute Gasteiger partial charge is 0.240 e. The van der Waals surface area contributed by atoms with Crippen molar-refractivity contribution in [3.63, 3.8) is 0 Å². The summed E-state index contributed by atoms with van der Waals surface area (Å²) < 4.78 is 23.5. The Labute approximate surface area is 108 Å². The average Bonchev–Trinajstić information content (AvgIpc) is 2.70. The summed E-state index contributed by atoms with van der Waals surface area (Å²) in [6, 6.07) is 4.83. The third-order valence-corrected chi connectivity index (χ3v) is 3.66. The fourth-order valence-electron chi connectivity index (χ4n) is 1.22. The van der Waals surface area contributed by atoms with Gasteiger partial charge in [0.2, 0.25) is 10.0 Å². The van der Waals surface area contributed by atoms with Crippen molar-refractivity contribution in [3.05, 3.63) is 40.6 Å². The van der Waals surface area contributed by atoms with E-state index in [1.807, 2.05) is 0 Å². The first-order valence-electron chi connectivity index (χ1n) is 4.41. The van der Waals surface area contributed by atoms with Crippen LogP contribution in [-0.2, 0) is 10.0 Å². The molecule has 0 atom stereocenters. The topological polar surface area (TPSA) is 78.0 Å². The molecule has 2 rings (SSSR count). The molecule has 0 saturated heterocycles. The van der Waals surface area contributed by atoms with E-state index < -0.39 is 10.0 Å². The summed E-state index contributed by atoms with van der Waals surface area (Å²) >= 11 is 11.6. The van der Waals surface area contributed by atoms with Crippen molar-refractivity contribution in [2.45, 2.75) is 4.90 Å². The summed E-state index contributed by atoms with van der Waals surface area (Å²) in [6.07, 6.45) is 2.47. The molecule has 0 spiro atoms. The molecule has 2 N–H and O–H groups in total. The maximum atomic E-state index is 11.1. The summed E-state index contributed by atoms with van der Waals surface area (Å²) in [6.45, 7) is 0. The first kappa shape index (κ1) is 12.4. The van der Waals surface area contributed by atoms with Crippen LogP contribution < -0.4 is 5.14 Å². The molecule has 0 aliphatic carbocycles. The summed E-state index contributed by atoms with van der Waals surface area (Å²) in [4.78, 5) is -0.0661. The molecule has 8 heteroatoms. The molecule has 90 valence electrons. The first-order valence-corrected chi connectivity index (χ1v) is 6.71. The van der Waals surface area contributed by atoms with E-state index in [9.17, 15) is 8.42 Å². The Kier molecular flexibility index (Phi) is 3.13. The van der Waals surface area contributed by atoms with Crippen LogP contribution in [0.5, 0.6) is 0 Å². The summed E-state index contributed by atoms with van der Waals surface area (Å²) in [5.41, 5.74) is 0.592. The number of aromatic nitrogens is 2. The molecule has 0 aliphatic rings. The number of hydrogen-bond donors (Lipinski definition) is 1. The molecular formula is C9H7Cl2N3O2S. The highest BCUT2D eigenvalue weighted by Gasteiger charge is 2.11. The van der Waals surface area contributed by atoms with E-state index in [0.717, 1.165) is 6.20 Å². The number of rotatable bonds is 2. The van der Waals surface area contributed by atoms with Gasteiger partial charge in [-0.1, -0.05) is 23.2 Å². The molecule has 0 aliphatic heterocycles. The molecule has 0 amide bonds. The SMILES string of the molecule is NS(=O)(=O)c1cnn(-c2ccc(Cl)c(Cl)c2)c1.